The third-order valence-electron chi connectivity index (χ3n) is 14.9. The number of aromatic nitrogens is 2. The van der Waals surface area contributed by atoms with E-state index in [2.05, 4.69) is 56.8 Å². The fourth-order valence-corrected chi connectivity index (χ4v) is 11.9. The number of H-pyrrole nitrogens is 1. The number of aliphatic carboxylic acids is 1. The zero-order chi connectivity index (χ0) is 34.4. The van der Waals surface area contributed by atoms with Gasteiger partial charge in [0.2, 0.25) is 5.91 Å². The highest BCUT2D eigenvalue weighted by molar-refractivity contribution is 5.96. The van der Waals surface area contributed by atoms with Gasteiger partial charge >= 0.3 is 11.9 Å². The summed E-state index contributed by atoms with van der Waals surface area (Å²) >= 11 is 0. The molecule has 47 heavy (non-hydrogen) atoms. The van der Waals surface area contributed by atoms with Crippen LogP contribution in [-0.4, -0.2) is 50.8 Å². The van der Waals surface area contributed by atoms with E-state index in [9.17, 15) is 24.3 Å². The number of nitrogens with zero attached hydrogens (tertiary/aromatic N) is 1. The van der Waals surface area contributed by atoms with E-state index >= 15 is 0 Å². The van der Waals surface area contributed by atoms with E-state index in [4.69, 9.17) is 4.74 Å². The van der Waals surface area contributed by atoms with Crippen molar-refractivity contribution in [3.8, 4) is 0 Å². The molecule has 0 saturated heterocycles. The molecule has 3 N–H and O–H groups in total. The number of carbonyl (C=O) groups excluding carboxylic acids is 3. The summed E-state index contributed by atoms with van der Waals surface area (Å²) in [4.78, 5) is 59.9. The van der Waals surface area contributed by atoms with Crippen molar-refractivity contribution >= 4 is 23.6 Å². The molecule has 5 aliphatic rings. The third kappa shape index (κ3) is 5.03. The Morgan fingerprint density at radius 2 is 1.72 bits per heavy atom. The molecule has 1 aromatic rings. The maximum atomic E-state index is 14.7. The minimum absolute atomic E-state index is 0.0267. The van der Waals surface area contributed by atoms with Gasteiger partial charge in [-0.3, -0.25) is 14.4 Å². The molecule has 0 unspecified atom stereocenters. The summed E-state index contributed by atoms with van der Waals surface area (Å²) < 4.78 is 5.86. The number of aromatic amines is 1. The molecule has 1 amide bonds. The molecule has 5 aliphatic carbocycles. The number of carbonyl (C=O) groups is 4. The molecule has 0 aromatic carbocycles. The van der Waals surface area contributed by atoms with Gasteiger partial charge in [0.15, 0.2) is 5.78 Å². The van der Waals surface area contributed by atoms with E-state index < -0.39 is 17.4 Å². The molecule has 4 fully saturated rings. The van der Waals surface area contributed by atoms with Crippen molar-refractivity contribution in [2.75, 3.05) is 0 Å². The molecule has 0 spiro atoms. The number of esters is 1. The smallest absolute Gasteiger partial charge is 0.326 e. The van der Waals surface area contributed by atoms with E-state index in [0.717, 1.165) is 44.9 Å². The van der Waals surface area contributed by atoms with Crippen LogP contribution in [0.1, 0.15) is 119 Å². The van der Waals surface area contributed by atoms with Gasteiger partial charge in [-0.25, -0.2) is 9.78 Å². The summed E-state index contributed by atoms with van der Waals surface area (Å²) in [6.45, 7) is 17.4. The van der Waals surface area contributed by atoms with Crippen LogP contribution in [0.15, 0.2) is 24.2 Å². The third-order valence-corrected chi connectivity index (χ3v) is 14.9. The number of hydrogen-bond acceptors (Lipinski definition) is 6. The Bertz CT molecular complexity index is 1500. The first-order chi connectivity index (χ1) is 21.8. The molecule has 258 valence electrons. The number of amides is 1. The zero-order valence-corrected chi connectivity index (χ0v) is 29.6. The lowest BCUT2D eigenvalue weighted by Crippen LogP contribution is -2.67. The van der Waals surface area contributed by atoms with Crippen LogP contribution in [0.25, 0.3) is 0 Å². The Kier molecular flexibility index (Phi) is 7.96. The van der Waals surface area contributed by atoms with Crippen molar-refractivity contribution in [1.29, 1.82) is 0 Å². The molecule has 0 radical (unpaired) electrons. The van der Waals surface area contributed by atoms with Gasteiger partial charge in [-0.1, -0.05) is 54.0 Å². The molecule has 1 aromatic heterocycles. The maximum absolute atomic E-state index is 14.7. The average Bonchev–Trinajstić information content (AvgIpc) is 3.49. The summed E-state index contributed by atoms with van der Waals surface area (Å²) in [6.07, 6.45) is 12.8. The Hall–Kier alpha value is -2.97. The number of allylic oxidation sites excluding steroid dienone is 2. The Morgan fingerprint density at radius 1 is 1.02 bits per heavy atom. The van der Waals surface area contributed by atoms with E-state index in [1.54, 1.807) is 6.20 Å². The van der Waals surface area contributed by atoms with Crippen LogP contribution < -0.4 is 5.32 Å². The first kappa shape index (κ1) is 33.9. The van der Waals surface area contributed by atoms with E-state index in [-0.39, 0.29) is 75.0 Å². The van der Waals surface area contributed by atoms with E-state index in [1.165, 1.54) is 18.8 Å². The summed E-state index contributed by atoms with van der Waals surface area (Å²) in [7, 11) is 0. The van der Waals surface area contributed by atoms with Crippen LogP contribution in [0.5, 0.6) is 0 Å². The Morgan fingerprint density at radius 3 is 2.36 bits per heavy atom. The number of ether oxygens (including phenoxy) is 1. The van der Waals surface area contributed by atoms with Gasteiger partial charge in [0, 0.05) is 36.3 Å². The van der Waals surface area contributed by atoms with Crippen LogP contribution in [0.4, 0.5) is 0 Å². The highest BCUT2D eigenvalue weighted by Gasteiger charge is 2.70. The number of fused-ring (bicyclic) bond motifs is 7. The molecule has 9 nitrogen and oxygen atoms in total. The normalized spacial score (nSPS) is 42.8. The quantitative estimate of drug-likeness (QED) is 0.302. The number of carboxylic acid groups (broad SMARTS) is 1. The fourth-order valence-electron chi connectivity index (χ4n) is 11.9. The second kappa shape index (κ2) is 11.0. The highest BCUT2D eigenvalue weighted by atomic mass is 16.5. The minimum atomic E-state index is -1.08. The van der Waals surface area contributed by atoms with E-state index in [0.29, 0.717) is 18.5 Å². The highest BCUT2D eigenvalue weighted by Crippen LogP contribution is 2.75. The largest absolute Gasteiger partial charge is 0.480 e. The molecular formula is C38H55N3O6. The lowest BCUT2D eigenvalue weighted by atomic mass is 9.33. The van der Waals surface area contributed by atoms with Gasteiger partial charge in [0.1, 0.15) is 12.1 Å². The Labute approximate surface area is 279 Å². The fraction of sp³-hybridized carbons (Fsp3) is 0.763. The topological polar surface area (TPSA) is 138 Å². The van der Waals surface area contributed by atoms with Gasteiger partial charge in [-0.05, 0) is 97.4 Å². The first-order valence-electron chi connectivity index (χ1n) is 17.8. The van der Waals surface area contributed by atoms with Crippen LogP contribution in [0.2, 0.25) is 0 Å². The lowest BCUT2D eigenvalue weighted by Gasteiger charge is -2.70. The first-order valence-corrected chi connectivity index (χ1v) is 17.8. The Balaban J connectivity index is 1.31. The van der Waals surface area contributed by atoms with E-state index in [1.807, 2.05) is 13.0 Å². The summed E-state index contributed by atoms with van der Waals surface area (Å²) in [5.74, 6) is -1.14. The molecule has 0 bridgehead atoms. The predicted molar refractivity (Wildman–Crippen MR) is 177 cm³/mol. The average molecular weight is 650 g/mol. The minimum Gasteiger partial charge on any atom is -0.480 e. The number of rotatable bonds is 6. The SMILES string of the molecule is CC(=O)O[C@H]1CC[C@]2(C)[C@H]3C(=O)C=C4[C@@H]5C[C@@](C)(C(=O)N[C@@H](Cc6c[nH]cn6)C(=O)O)CC[C@]5(C)CC[C@@]4(C)[C@]3(C)CC[C@H]2C1(C)C. The van der Waals surface area contributed by atoms with Crippen molar-refractivity contribution in [1.82, 2.24) is 15.3 Å². The monoisotopic (exact) mass is 649 g/mol. The maximum Gasteiger partial charge on any atom is 0.326 e. The molecule has 0 aliphatic heterocycles. The van der Waals surface area contributed by atoms with Crippen LogP contribution in [0, 0.1) is 50.2 Å². The summed E-state index contributed by atoms with van der Waals surface area (Å²) in [5.41, 5.74) is 0.139. The molecule has 9 heteroatoms. The van der Waals surface area contributed by atoms with Crippen molar-refractivity contribution in [3.05, 3.63) is 29.9 Å². The van der Waals surface area contributed by atoms with Gasteiger partial charge in [0.05, 0.1) is 12.0 Å². The number of ketones is 1. The van der Waals surface area contributed by atoms with Gasteiger partial charge < -0.3 is 20.1 Å². The molecular weight excluding hydrogens is 594 g/mol. The second-order valence-electron chi connectivity index (χ2n) is 17.8. The summed E-state index contributed by atoms with van der Waals surface area (Å²) in [6, 6.07) is -1.07. The predicted octanol–water partition coefficient (Wildman–Crippen LogP) is 6.43. The lowest BCUT2D eigenvalue weighted by molar-refractivity contribution is -0.210. The van der Waals surface area contributed by atoms with Crippen LogP contribution >= 0.6 is 0 Å². The van der Waals surface area contributed by atoms with Crippen molar-refractivity contribution in [2.24, 2.45) is 50.2 Å². The van der Waals surface area contributed by atoms with Gasteiger partial charge in [0.25, 0.3) is 0 Å². The van der Waals surface area contributed by atoms with Crippen molar-refractivity contribution < 1.29 is 29.0 Å². The number of nitrogens with one attached hydrogen (secondary N) is 2. The van der Waals surface area contributed by atoms with Crippen molar-refractivity contribution in [3.63, 3.8) is 0 Å². The van der Waals surface area contributed by atoms with Gasteiger partial charge in [-0.2, -0.15) is 0 Å². The van der Waals surface area contributed by atoms with Gasteiger partial charge in [-0.15, -0.1) is 0 Å². The molecule has 1 heterocycles. The number of imidazole rings is 1. The molecule has 10 atom stereocenters. The standard InChI is InChI=1S/C38H55N3O6/c1-22(42)47-29-10-11-36(6)28(33(29,2)3)9-12-38(8)30(36)27(43)18-24-25-19-35(5,14-13-34(25,4)15-16-37(24,38)7)32(46)41-26(31(44)45)17-23-20-39-21-40-23/h18,20-21,25-26,28-30H,9-17,19H2,1-8H3,(H,39,40)(H,41,46)(H,44,45)/t25-,26-,28-,29-,30+,34+,35-,36-,37+,38+/m0/s1. The van der Waals surface area contributed by atoms with Crippen LogP contribution in [-0.2, 0) is 30.3 Å². The molecule has 4 saturated carbocycles. The number of hydrogen-bond donors (Lipinski definition) is 3. The zero-order valence-electron chi connectivity index (χ0n) is 29.6. The second-order valence-corrected chi connectivity index (χ2v) is 17.8. The number of carboxylic acids is 1. The molecule has 6 rings (SSSR count). The van der Waals surface area contributed by atoms with Crippen LogP contribution in [0.3, 0.4) is 0 Å². The summed E-state index contributed by atoms with van der Waals surface area (Å²) in [5, 5.41) is 12.8. The van der Waals surface area contributed by atoms with Crippen molar-refractivity contribution in [2.45, 2.75) is 132 Å².